The van der Waals surface area contributed by atoms with Gasteiger partial charge in [0.1, 0.15) is 11.9 Å². The van der Waals surface area contributed by atoms with E-state index in [-0.39, 0.29) is 42.0 Å². The third-order valence-corrected chi connectivity index (χ3v) is 11.5. The highest BCUT2D eigenvalue weighted by Gasteiger charge is 2.45. The van der Waals surface area contributed by atoms with Gasteiger partial charge in [-0.2, -0.15) is 22.8 Å². The number of carbonyl (C=O) groups excluding carboxylic acids is 5. The zero-order valence-corrected chi connectivity index (χ0v) is 34.4. The Balaban J connectivity index is 0.000000785. The van der Waals surface area contributed by atoms with Gasteiger partial charge in [-0.25, -0.2) is 9.78 Å². The number of benzene rings is 3. The topological polar surface area (TPSA) is 204 Å². The first kappa shape index (κ1) is 44.0. The first-order chi connectivity index (χ1) is 30.1. The van der Waals surface area contributed by atoms with Crippen LogP contribution in [0.5, 0.6) is 0 Å². The maximum atomic E-state index is 13.4. The summed E-state index contributed by atoms with van der Waals surface area (Å²) in [5.41, 5.74) is 6.38. The third-order valence-electron chi connectivity index (χ3n) is 11.5. The number of carboxylic acid groups (broad SMARTS) is 1. The van der Waals surface area contributed by atoms with E-state index in [4.69, 9.17) is 14.9 Å². The molecule has 0 bridgehead atoms. The van der Waals surface area contributed by atoms with E-state index < -0.39 is 41.8 Å². The van der Waals surface area contributed by atoms with Crippen LogP contribution in [0.4, 0.5) is 24.7 Å². The molecule has 5 N–H and O–H groups in total. The van der Waals surface area contributed by atoms with Crippen molar-refractivity contribution in [1.82, 2.24) is 30.1 Å². The van der Waals surface area contributed by atoms with Crippen molar-refractivity contribution < 1.29 is 47.0 Å². The molecule has 8 rings (SSSR count). The molecule has 3 aliphatic rings. The Morgan fingerprint density at radius 1 is 0.889 bits per heavy atom. The number of piperidine rings is 1. The van der Waals surface area contributed by atoms with Gasteiger partial charge in [0.05, 0.1) is 17.3 Å². The van der Waals surface area contributed by atoms with Gasteiger partial charge in [-0.1, -0.05) is 56.3 Å². The van der Waals surface area contributed by atoms with Crippen molar-refractivity contribution in [2.24, 2.45) is 0 Å². The lowest BCUT2D eigenvalue weighted by Crippen LogP contribution is -2.54. The van der Waals surface area contributed by atoms with Gasteiger partial charge in [0.2, 0.25) is 11.8 Å². The summed E-state index contributed by atoms with van der Waals surface area (Å²) >= 11 is 0. The van der Waals surface area contributed by atoms with Crippen molar-refractivity contribution in [3.63, 3.8) is 0 Å². The summed E-state index contributed by atoms with van der Waals surface area (Å²) < 4.78 is 33.6. The zero-order valence-electron chi connectivity index (χ0n) is 34.4. The van der Waals surface area contributed by atoms with E-state index >= 15 is 0 Å². The molecule has 1 unspecified atom stereocenters. The zero-order chi connectivity index (χ0) is 45.0. The average Bonchev–Trinajstić information content (AvgIpc) is 3.99. The number of aliphatic carboxylic acids is 1. The number of fused-ring (bicyclic) bond motifs is 2. The molecule has 328 valence electrons. The molecule has 18 heteroatoms. The van der Waals surface area contributed by atoms with E-state index in [1.807, 2.05) is 59.1 Å². The lowest BCUT2D eigenvalue weighted by molar-refractivity contribution is -0.192. The molecule has 3 atom stereocenters. The number of amides is 5. The monoisotopic (exact) mass is 866 g/mol. The molecule has 1 saturated heterocycles. The third kappa shape index (κ3) is 9.69. The van der Waals surface area contributed by atoms with Crippen molar-refractivity contribution in [2.75, 3.05) is 10.6 Å². The maximum absolute atomic E-state index is 13.4. The molecule has 0 spiro atoms. The molecule has 1 aliphatic carbocycles. The van der Waals surface area contributed by atoms with Crippen LogP contribution in [0.2, 0.25) is 0 Å². The first-order valence-electron chi connectivity index (χ1n) is 20.6. The summed E-state index contributed by atoms with van der Waals surface area (Å²) in [4.78, 5) is 78.7. The highest BCUT2D eigenvalue weighted by Crippen LogP contribution is 2.33. The molecule has 5 aromatic rings. The Morgan fingerprint density at radius 3 is 2.21 bits per heavy atom. The largest absolute Gasteiger partial charge is 0.490 e. The van der Waals surface area contributed by atoms with Crippen LogP contribution < -0.4 is 21.3 Å². The van der Waals surface area contributed by atoms with Crippen molar-refractivity contribution in [3.05, 3.63) is 113 Å². The van der Waals surface area contributed by atoms with Crippen molar-refractivity contribution >= 4 is 52.7 Å². The number of carbonyl (C=O) groups is 6. The molecule has 15 nitrogen and oxygen atoms in total. The minimum absolute atomic E-state index is 0.0637. The highest BCUT2D eigenvalue weighted by molar-refractivity contribution is 6.25. The molecular weight excluding hydrogens is 822 g/mol. The van der Waals surface area contributed by atoms with Crippen molar-refractivity contribution in [1.29, 1.82) is 0 Å². The number of alkyl halides is 3. The average molecular weight is 867 g/mol. The quantitative estimate of drug-likeness (QED) is 0.0834. The smallest absolute Gasteiger partial charge is 0.475 e. The second kappa shape index (κ2) is 18.5. The van der Waals surface area contributed by atoms with Gasteiger partial charge in [-0.05, 0) is 79.5 Å². The van der Waals surface area contributed by atoms with E-state index in [0.29, 0.717) is 23.7 Å². The number of anilines is 2. The summed E-state index contributed by atoms with van der Waals surface area (Å²) in [5, 5.41) is 24.0. The second-order valence-corrected chi connectivity index (χ2v) is 15.6. The predicted molar refractivity (Wildman–Crippen MR) is 225 cm³/mol. The van der Waals surface area contributed by atoms with Crippen LogP contribution in [0.3, 0.4) is 0 Å². The predicted octanol–water partition coefficient (Wildman–Crippen LogP) is 6.71. The fourth-order valence-electron chi connectivity index (χ4n) is 8.16. The standard InChI is InChI=1S/C43H44N8O5.C2HF3O2/c1-3-26(4-2)34-23-37(51-36(48-34)20-21-45-51)46-30-16-17-31(22-30)47-40(53)29-14-12-28(13-15-29)27-10-8-25(9-11-27)24-44-33-7-5-6-32-39(33)43(56)50(42(32)55)35-18-19-38(52)49-41(35)54;3-2(4,5)1(6)7/h5-15,20-21,23,26,30-31,35,44,46H,3-4,16-19,22,24H2,1-2H3,(H,47,53)(H,49,52,54);(H,6,7)/t30-,31-,35?;/m0./s1. The fraction of sp³-hybridized carbons (Fsp3) is 0.333. The van der Waals surface area contributed by atoms with Crippen LogP contribution in [0.15, 0.2) is 85.1 Å². The first-order valence-corrected chi connectivity index (χ1v) is 20.6. The molecule has 2 fully saturated rings. The normalized spacial score (nSPS) is 18.5. The van der Waals surface area contributed by atoms with E-state index in [9.17, 15) is 37.1 Å². The number of nitrogens with zero attached hydrogens (tertiary/aromatic N) is 4. The van der Waals surface area contributed by atoms with Gasteiger partial charge in [-0.3, -0.25) is 34.2 Å². The summed E-state index contributed by atoms with van der Waals surface area (Å²) in [7, 11) is 0. The lowest BCUT2D eigenvalue weighted by atomic mass is 9.99. The number of nitrogens with one attached hydrogen (secondary N) is 4. The van der Waals surface area contributed by atoms with Gasteiger partial charge < -0.3 is 21.1 Å². The Hall–Kier alpha value is -7.11. The number of hydrogen-bond acceptors (Lipinski definition) is 10. The summed E-state index contributed by atoms with van der Waals surface area (Å²) in [6.45, 7) is 4.78. The Morgan fingerprint density at radius 2 is 1.56 bits per heavy atom. The molecule has 1 saturated carbocycles. The maximum Gasteiger partial charge on any atom is 0.490 e. The number of aromatic nitrogens is 3. The number of rotatable bonds is 12. The van der Waals surface area contributed by atoms with Gasteiger partial charge in [0, 0.05) is 60.0 Å². The number of carboxylic acids is 1. The van der Waals surface area contributed by atoms with Crippen LogP contribution in [0.1, 0.15) is 107 Å². The SMILES string of the molecule is CCC(CC)c1cc(N[C@H]2CC[C@H](NC(=O)c3ccc(-c4ccc(CNc5cccc6c5C(=O)N(C5CCC(=O)NC5=O)C6=O)cc4)cc3)C2)n2nccc2n1.O=C(O)C(F)(F)F. The fourth-order valence-corrected chi connectivity index (χ4v) is 8.16. The van der Waals surface area contributed by atoms with E-state index in [2.05, 4.69) is 46.3 Å². The van der Waals surface area contributed by atoms with Crippen LogP contribution >= 0.6 is 0 Å². The van der Waals surface area contributed by atoms with Crippen LogP contribution in [-0.2, 0) is 20.9 Å². The molecule has 2 aliphatic heterocycles. The summed E-state index contributed by atoms with van der Waals surface area (Å²) in [6.07, 6.45) is 1.56. The van der Waals surface area contributed by atoms with E-state index in [1.54, 1.807) is 24.4 Å². The van der Waals surface area contributed by atoms with E-state index in [1.165, 1.54) is 0 Å². The number of halogens is 3. The molecule has 2 aromatic heterocycles. The minimum Gasteiger partial charge on any atom is -0.475 e. The number of hydrogen-bond donors (Lipinski definition) is 5. The molecule has 3 aromatic carbocycles. The van der Waals surface area contributed by atoms with Gasteiger partial charge in [0.25, 0.3) is 17.7 Å². The van der Waals surface area contributed by atoms with Gasteiger partial charge in [0.15, 0.2) is 5.65 Å². The minimum atomic E-state index is -5.08. The molecule has 63 heavy (non-hydrogen) atoms. The molecule has 4 heterocycles. The van der Waals surface area contributed by atoms with Gasteiger partial charge >= 0.3 is 12.1 Å². The summed E-state index contributed by atoms with van der Waals surface area (Å²) in [6, 6.07) is 23.9. The molecule has 0 radical (unpaired) electrons. The van der Waals surface area contributed by atoms with Crippen LogP contribution in [0, 0.1) is 0 Å². The Bertz CT molecular complexity index is 2560. The van der Waals surface area contributed by atoms with Crippen molar-refractivity contribution in [3.8, 4) is 11.1 Å². The second-order valence-electron chi connectivity index (χ2n) is 15.6. The Labute approximate surface area is 359 Å². The molecular formula is C45H45F3N8O7. The van der Waals surface area contributed by atoms with Gasteiger partial charge in [-0.15, -0.1) is 0 Å². The van der Waals surface area contributed by atoms with Crippen LogP contribution in [-0.4, -0.2) is 84.4 Å². The Kier molecular flexibility index (Phi) is 12.9. The summed E-state index contributed by atoms with van der Waals surface area (Å²) in [5.74, 6) is -3.66. The van der Waals surface area contributed by atoms with Crippen LogP contribution in [0.25, 0.3) is 16.8 Å². The lowest BCUT2D eigenvalue weighted by Gasteiger charge is -2.27. The van der Waals surface area contributed by atoms with E-state index in [0.717, 1.165) is 70.9 Å². The number of imide groups is 2. The highest BCUT2D eigenvalue weighted by atomic mass is 19.4. The molecule has 5 amide bonds. The van der Waals surface area contributed by atoms with Crippen molar-refractivity contribution in [2.45, 2.75) is 95.6 Å².